The van der Waals surface area contributed by atoms with E-state index in [0.717, 1.165) is 24.9 Å². The predicted octanol–water partition coefficient (Wildman–Crippen LogP) is 1.87. The van der Waals surface area contributed by atoms with E-state index in [2.05, 4.69) is 15.2 Å². The number of rotatable bonds is 4. The van der Waals surface area contributed by atoms with E-state index in [1.165, 1.54) is 45.3 Å². The highest BCUT2D eigenvalue weighted by Crippen LogP contribution is 2.38. The molecule has 0 radical (unpaired) electrons. The van der Waals surface area contributed by atoms with Gasteiger partial charge in [-0.25, -0.2) is 4.98 Å². The summed E-state index contributed by atoms with van der Waals surface area (Å²) < 4.78 is 8.26. The zero-order valence-corrected chi connectivity index (χ0v) is 12.9. The summed E-state index contributed by atoms with van der Waals surface area (Å²) in [7, 11) is 2.03. The highest BCUT2D eigenvalue weighted by atomic mass is 16.5. The Morgan fingerprint density at radius 2 is 2.19 bits per heavy atom. The Balaban J connectivity index is 1.30. The SMILES string of the molecule is Cn1ccnc1NC1COC2(CCN(CC3CC3)CC2)C1. The first kappa shape index (κ1) is 13.6. The maximum atomic E-state index is 6.23. The highest BCUT2D eigenvalue weighted by molar-refractivity contribution is 5.28. The van der Waals surface area contributed by atoms with Crippen LogP contribution in [0.3, 0.4) is 0 Å². The third kappa shape index (κ3) is 2.94. The number of anilines is 1. The minimum atomic E-state index is 0.128. The molecule has 1 saturated carbocycles. The number of likely N-dealkylation sites (tertiary alicyclic amines) is 1. The topological polar surface area (TPSA) is 42.3 Å². The number of aryl methyl sites for hydroxylation is 1. The van der Waals surface area contributed by atoms with Gasteiger partial charge in [-0.3, -0.25) is 0 Å². The standard InChI is InChI=1S/C16H26N4O/c1-19-9-6-17-15(19)18-14-10-16(21-12-14)4-7-20(8-5-16)11-13-2-3-13/h6,9,13-14H,2-5,7-8,10-12H2,1H3,(H,17,18). The maximum Gasteiger partial charge on any atom is 0.202 e. The third-order valence-electron chi connectivity index (χ3n) is 5.34. The van der Waals surface area contributed by atoms with Gasteiger partial charge in [-0.2, -0.15) is 0 Å². The second-order valence-electron chi connectivity index (χ2n) is 7.15. The van der Waals surface area contributed by atoms with Gasteiger partial charge in [-0.15, -0.1) is 0 Å². The summed E-state index contributed by atoms with van der Waals surface area (Å²) in [6, 6.07) is 0.404. The van der Waals surface area contributed by atoms with Crippen molar-refractivity contribution >= 4 is 5.95 Å². The van der Waals surface area contributed by atoms with Gasteiger partial charge >= 0.3 is 0 Å². The maximum absolute atomic E-state index is 6.23. The van der Waals surface area contributed by atoms with E-state index >= 15 is 0 Å². The molecule has 4 rings (SSSR count). The third-order valence-corrected chi connectivity index (χ3v) is 5.34. The molecule has 2 aliphatic heterocycles. The monoisotopic (exact) mass is 290 g/mol. The fraction of sp³-hybridized carbons (Fsp3) is 0.812. The van der Waals surface area contributed by atoms with Crippen molar-refractivity contribution in [3.63, 3.8) is 0 Å². The van der Waals surface area contributed by atoms with Crippen molar-refractivity contribution in [1.29, 1.82) is 0 Å². The lowest BCUT2D eigenvalue weighted by Gasteiger charge is -2.38. The largest absolute Gasteiger partial charge is 0.373 e. The first-order valence-electron chi connectivity index (χ1n) is 8.33. The summed E-state index contributed by atoms with van der Waals surface area (Å²) in [6.45, 7) is 4.57. The molecule has 3 aliphatic rings. The molecule has 1 spiro atoms. The molecule has 1 N–H and O–H groups in total. The number of piperidine rings is 1. The molecule has 1 aromatic rings. The van der Waals surface area contributed by atoms with Gasteiger partial charge < -0.3 is 19.5 Å². The molecular weight excluding hydrogens is 264 g/mol. The van der Waals surface area contributed by atoms with Crippen molar-refractivity contribution in [2.45, 2.75) is 43.7 Å². The minimum absolute atomic E-state index is 0.128. The summed E-state index contributed by atoms with van der Waals surface area (Å²) in [5.41, 5.74) is 0.128. The van der Waals surface area contributed by atoms with E-state index in [1.807, 2.05) is 24.0 Å². The molecule has 2 saturated heterocycles. The van der Waals surface area contributed by atoms with Crippen LogP contribution in [0.5, 0.6) is 0 Å². The molecule has 5 heteroatoms. The average molecular weight is 290 g/mol. The van der Waals surface area contributed by atoms with Crippen molar-refractivity contribution in [2.75, 3.05) is 31.6 Å². The van der Waals surface area contributed by atoms with E-state index in [-0.39, 0.29) is 5.60 Å². The number of ether oxygens (including phenoxy) is 1. The van der Waals surface area contributed by atoms with Gasteiger partial charge in [0.15, 0.2) is 0 Å². The second-order valence-corrected chi connectivity index (χ2v) is 7.15. The summed E-state index contributed by atoms with van der Waals surface area (Å²) in [6.07, 6.45) is 10.2. The van der Waals surface area contributed by atoms with Crippen molar-refractivity contribution in [1.82, 2.24) is 14.5 Å². The van der Waals surface area contributed by atoms with E-state index < -0.39 is 0 Å². The molecule has 0 aromatic carbocycles. The summed E-state index contributed by atoms with van der Waals surface area (Å²) in [5.74, 6) is 1.95. The number of nitrogens with one attached hydrogen (secondary N) is 1. The van der Waals surface area contributed by atoms with E-state index in [4.69, 9.17) is 4.74 Å². The lowest BCUT2D eigenvalue weighted by Crippen LogP contribution is -2.45. The van der Waals surface area contributed by atoms with Crippen molar-refractivity contribution < 1.29 is 4.74 Å². The number of hydrogen-bond acceptors (Lipinski definition) is 4. The molecule has 5 nitrogen and oxygen atoms in total. The smallest absolute Gasteiger partial charge is 0.202 e. The Morgan fingerprint density at radius 3 is 2.86 bits per heavy atom. The first-order chi connectivity index (χ1) is 10.2. The van der Waals surface area contributed by atoms with Crippen LogP contribution in [-0.2, 0) is 11.8 Å². The van der Waals surface area contributed by atoms with Gasteiger partial charge in [-0.05, 0) is 38.0 Å². The number of aromatic nitrogens is 2. The fourth-order valence-electron chi connectivity index (χ4n) is 3.78. The number of nitrogens with zero attached hydrogens (tertiary/aromatic N) is 3. The molecule has 1 aliphatic carbocycles. The summed E-state index contributed by atoms with van der Waals surface area (Å²) in [5, 5.41) is 3.53. The van der Waals surface area contributed by atoms with Crippen LogP contribution in [0.25, 0.3) is 0 Å². The summed E-state index contributed by atoms with van der Waals surface area (Å²) >= 11 is 0. The van der Waals surface area contributed by atoms with Gasteiger partial charge in [-0.1, -0.05) is 0 Å². The summed E-state index contributed by atoms with van der Waals surface area (Å²) in [4.78, 5) is 7.00. The fourth-order valence-corrected chi connectivity index (χ4v) is 3.78. The molecule has 1 aromatic heterocycles. The number of hydrogen-bond donors (Lipinski definition) is 1. The zero-order chi connectivity index (χ0) is 14.3. The lowest BCUT2D eigenvalue weighted by molar-refractivity contribution is -0.0440. The van der Waals surface area contributed by atoms with Gasteiger partial charge in [0.1, 0.15) is 0 Å². The number of imidazole rings is 1. The Hall–Kier alpha value is -1.07. The van der Waals surface area contributed by atoms with Crippen LogP contribution in [0, 0.1) is 5.92 Å². The van der Waals surface area contributed by atoms with Crippen LogP contribution in [0.2, 0.25) is 0 Å². The van der Waals surface area contributed by atoms with Crippen molar-refractivity contribution in [3.8, 4) is 0 Å². The Labute approximate surface area is 126 Å². The molecule has 21 heavy (non-hydrogen) atoms. The molecule has 1 unspecified atom stereocenters. The van der Waals surface area contributed by atoms with Gasteiger partial charge in [0.2, 0.25) is 5.95 Å². The minimum Gasteiger partial charge on any atom is -0.373 e. The Bertz CT molecular complexity index is 488. The molecule has 0 bridgehead atoms. The van der Waals surface area contributed by atoms with Crippen molar-refractivity contribution in [2.24, 2.45) is 13.0 Å². The Kier molecular flexibility index (Phi) is 3.42. The normalized spacial score (nSPS) is 29.1. The van der Waals surface area contributed by atoms with Crippen LogP contribution in [0.15, 0.2) is 12.4 Å². The molecule has 3 fully saturated rings. The van der Waals surface area contributed by atoms with Gasteiger partial charge in [0, 0.05) is 39.1 Å². The predicted molar refractivity (Wildman–Crippen MR) is 82.3 cm³/mol. The molecule has 116 valence electrons. The average Bonchev–Trinajstić information content (AvgIpc) is 3.09. The zero-order valence-electron chi connectivity index (χ0n) is 12.9. The lowest BCUT2D eigenvalue weighted by atomic mass is 9.87. The highest BCUT2D eigenvalue weighted by Gasteiger charge is 2.43. The molecule has 1 atom stereocenters. The van der Waals surface area contributed by atoms with E-state index in [9.17, 15) is 0 Å². The van der Waals surface area contributed by atoms with Gasteiger partial charge in [0.25, 0.3) is 0 Å². The van der Waals surface area contributed by atoms with Crippen LogP contribution >= 0.6 is 0 Å². The van der Waals surface area contributed by atoms with Gasteiger partial charge in [0.05, 0.1) is 18.2 Å². The first-order valence-corrected chi connectivity index (χ1v) is 8.33. The molecule has 3 heterocycles. The molecule has 0 amide bonds. The van der Waals surface area contributed by atoms with Crippen molar-refractivity contribution in [3.05, 3.63) is 12.4 Å². The van der Waals surface area contributed by atoms with Crippen LogP contribution < -0.4 is 5.32 Å². The van der Waals surface area contributed by atoms with E-state index in [0.29, 0.717) is 6.04 Å². The molecular formula is C16H26N4O. The quantitative estimate of drug-likeness (QED) is 0.919. The van der Waals surface area contributed by atoms with Crippen LogP contribution in [-0.4, -0.2) is 52.3 Å². The van der Waals surface area contributed by atoms with Crippen LogP contribution in [0.4, 0.5) is 5.95 Å². The second kappa shape index (κ2) is 5.29. The Morgan fingerprint density at radius 1 is 1.38 bits per heavy atom. The van der Waals surface area contributed by atoms with E-state index in [1.54, 1.807) is 0 Å². The van der Waals surface area contributed by atoms with Crippen LogP contribution in [0.1, 0.15) is 32.1 Å².